The summed E-state index contributed by atoms with van der Waals surface area (Å²) in [5, 5.41) is 3.04. The number of rotatable bonds is 9. The van der Waals surface area contributed by atoms with Crippen LogP contribution in [0.4, 0.5) is 5.69 Å². The van der Waals surface area contributed by atoms with Gasteiger partial charge in [0.15, 0.2) is 0 Å². The molecule has 0 unspecified atom stereocenters. The van der Waals surface area contributed by atoms with Crippen molar-refractivity contribution in [2.75, 3.05) is 24.2 Å². The number of sulfonamides is 1. The largest absolute Gasteiger partial charge is 0.357 e. The average molecular weight is 578 g/mol. The van der Waals surface area contributed by atoms with E-state index in [1.54, 1.807) is 55.5 Å². The topological polar surface area (TPSA) is 86.8 Å². The number of carbonyl (C=O) groups is 2. The van der Waals surface area contributed by atoms with Gasteiger partial charge in [0.05, 0.1) is 11.9 Å². The zero-order valence-corrected chi connectivity index (χ0v) is 21.2. The molecule has 2 amide bonds. The summed E-state index contributed by atoms with van der Waals surface area (Å²) >= 11 is 8.40. The highest BCUT2D eigenvalue weighted by molar-refractivity contribution is 14.1. The molecule has 0 aliphatic heterocycles. The summed E-state index contributed by atoms with van der Waals surface area (Å²) in [6.07, 6.45) is 1.41. The summed E-state index contributed by atoms with van der Waals surface area (Å²) in [6, 6.07) is 13.1. The van der Waals surface area contributed by atoms with Crippen molar-refractivity contribution >= 4 is 61.7 Å². The molecular weight excluding hydrogens is 553 g/mol. The van der Waals surface area contributed by atoms with Crippen LogP contribution in [0.25, 0.3) is 0 Å². The number of nitrogens with one attached hydrogen (secondary N) is 1. The lowest BCUT2D eigenvalue weighted by Gasteiger charge is -2.32. The number of hydrogen-bond acceptors (Lipinski definition) is 4. The first-order valence-corrected chi connectivity index (χ1v) is 12.9. The van der Waals surface area contributed by atoms with Gasteiger partial charge in [0.1, 0.15) is 12.6 Å². The predicted molar refractivity (Wildman–Crippen MR) is 131 cm³/mol. The van der Waals surface area contributed by atoms with E-state index in [9.17, 15) is 18.0 Å². The van der Waals surface area contributed by atoms with E-state index in [1.165, 1.54) is 11.9 Å². The van der Waals surface area contributed by atoms with E-state index in [1.807, 2.05) is 0 Å². The second-order valence-corrected chi connectivity index (χ2v) is 10.5. The van der Waals surface area contributed by atoms with Gasteiger partial charge in [-0.2, -0.15) is 0 Å². The fraction of sp³-hybridized carbons (Fsp3) is 0.333. The number of nitrogens with zero attached hydrogens (tertiary/aromatic N) is 2. The van der Waals surface area contributed by atoms with E-state index in [4.69, 9.17) is 11.6 Å². The summed E-state index contributed by atoms with van der Waals surface area (Å²) in [5.41, 5.74) is 1.04. The number of halogens is 2. The quantitative estimate of drug-likeness (QED) is 0.464. The Labute approximate surface area is 201 Å². The molecule has 0 aliphatic carbocycles. The summed E-state index contributed by atoms with van der Waals surface area (Å²) < 4.78 is 26.9. The van der Waals surface area contributed by atoms with E-state index in [2.05, 4.69) is 27.9 Å². The molecule has 2 rings (SSSR count). The SMILES string of the molecule is CC[C@H](C(=O)NC)N(Cc1ccccc1Cl)C(=O)CN(c1ccc(I)cc1)S(C)(=O)=O. The van der Waals surface area contributed by atoms with Crippen LogP contribution in [0.1, 0.15) is 18.9 Å². The van der Waals surface area contributed by atoms with E-state index in [0.717, 1.165) is 14.1 Å². The molecule has 0 aromatic heterocycles. The molecule has 0 radical (unpaired) electrons. The Hall–Kier alpha value is -1.85. The monoisotopic (exact) mass is 577 g/mol. The first kappa shape index (κ1) is 25.4. The first-order valence-electron chi connectivity index (χ1n) is 9.56. The molecule has 168 valence electrons. The minimum absolute atomic E-state index is 0.0781. The van der Waals surface area contributed by atoms with Gasteiger partial charge in [0.25, 0.3) is 0 Å². The van der Waals surface area contributed by atoms with Gasteiger partial charge in [0.2, 0.25) is 21.8 Å². The lowest BCUT2D eigenvalue weighted by Crippen LogP contribution is -2.51. The van der Waals surface area contributed by atoms with Crippen LogP contribution in [0.15, 0.2) is 48.5 Å². The fourth-order valence-corrected chi connectivity index (χ4v) is 4.52. The van der Waals surface area contributed by atoms with Crippen LogP contribution in [-0.2, 0) is 26.2 Å². The van der Waals surface area contributed by atoms with Crippen LogP contribution >= 0.6 is 34.2 Å². The fourth-order valence-electron chi connectivity index (χ4n) is 3.12. The van der Waals surface area contributed by atoms with Gasteiger partial charge in [0, 0.05) is 22.2 Å². The number of anilines is 1. The molecule has 2 aromatic carbocycles. The van der Waals surface area contributed by atoms with Crippen molar-refractivity contribution in [1.82, 2.24) is 10.2 Å². The van der Waals surface area contributed by atoms with E-state index in [-0.39, 0.29) is 12.5 Å². The molecule has 10 heteroatoms. The van der Waals surface area contributed by atoms with Crippen LogP contribution in [0, 0.1) is 3.57 Å². The maximum atomic E-state index is 13.4. The first-order chi connectivity index (χ1) is 14.6. The van der Waals surface area contributed by atoms with E-state index < -0.39 is 28.5 Å². The molecule has 2 aromatic rings. The van der Waals surface area contributed by atoms with Gasteiger partial charge in [-0.05, 0) is 64.9 Å². The Morgan fingerprint density at radius 2 is 1.74 bits per heavy atom. The van der Waals surface area contributed by atoms with Crippen LogP contribution < -0.4 is 9.62 Å². The minimum atomic E-state index is -3.74. The second-order valence-electron chi connectivity index (χ2n) is 6.90. The van der Waals surface area contributed by atoms with E-state index >= 15 is 0 Å². The van der Waals surface area contributed by atoms with Crippen molar-refractivity contribution < 1.29 is 18.0 Å². The van der Waals surface area contributed by atoms with Gasteiger partial charge in [-0.25, -0.2) is 8.42 Å². The summed E-state index contributed by atoms with van der Waals surface area (Å²) in [4.78, 5) is 27.2. The minimum Gasteiger partial charge on any atom is -0.357 e. The second kappa shape index (κ2) is 11.1. The molecule has 0 heterocycles. The van der Waals surface area contributed by atoms with Crippen molar-refractivity contribution in [3.63, 3.8) is 0 Å². The molecule has 0 saturated heterocycles. The number of hydrogen-bond donors (Lipinski definition) is 1. The van der Waals surface area contributed by atoms with Crippen molar-refractivity contribution in [1.29, 1.82) is 0 Å². The lowest BCUT2D eigenvalue weighted by atomic mass is 10.1. The molecule has 1 N–H and O–H groups in total. The third-order valence-corrected chi connectivity index (χ3v) is 6.95. The van der Waals surface area contributed by atoms with Crippen molar-refractivity contribution in [3.05, 3.63) is 62.7 Å². The van der Waals surface area contributed by atoms with Crippen molar-refractivity contribution in [2.24, 2.45) is 0 Å². The molecule has 1 atom stereocenters. The van der Waals surface area contributed by atoms with Crippen LogP contribution in [0.3, 0.4) is 0 Å². The molecular formula is C21H25ClIN3O4S. The zero-order chi connectivity index (χ0) is 23.2. The molecule has 0 fully saturated rings. The zero-order valence-electron chi connectivity index (χ0n) is 17.5. The Morgan fingerprint density at radius 3 is 2.26 bits per heavy atom. The molecule has 0 saturated carbocycles. The Balaban J connectivity index is 2.43. The highest BCUT2D eigenvalue weighted by Crippen LogP contribution is 2.22. The maximum absolute atomic E-state index is 13.4. The summed E-state index contributed by atoms with van der Waals surface area (Å²) in [7, 11) is -2.24. The van der Waals surface area contributed by atoms with Gasteiger partial charge in [-0.15, -0.1) is 0 Å². The Morgan fingerprint density at radius 1 is 1.13 bits per heavy atom. The maximum Gasteiger partial charge on any atom is 0.244 e. The van der Waals surface area contributed by atoms with Crippen molar-refractivity contribution in [3.8, 4) is 0 Å². The third-order valence-electron chi connectivity index (χ3n) is 4.72. The predicted octanol–water partition coefficient (Wildman–Crippen LogP) is 3.26. The Kier molecular flexibility index (Phi) is 9.14. The van der Waals surface area contributed by atoms with E-state index in [0.29, 0.717) is 22.7 Å². The Bertz CT molecular complexity index is 1030. The molecule has 7 nitrogen and oxygen atoms in total. The van der Waals surface area contributed by atoms with Gasteiger partial charge >= 0.3 is 0 Å². The molecule has 0 spiro atoms. The van der Waals surface area contributed by atoms with Gasteiger partial charge in [-0.1, -0.05) is 36.7 Å². The highest BCUT2D eigenvalue weighted by atomic mass is 127. The summed E-state index contributed by atoms with van der Waals surface area (Å²) in [5.74, 6) is -0.831. The lowest BCUT2D eigenvalue weighted by molar-refractivity contribution is -0.140. The van der Waals surface area contributed by atoms with Gasteiger partial charge in [-0.3, -0.25) is 13.9 Å². The number of carbonyl (C=O) groups excluding carboxylic acids is 2. The van der Waals surface area contributed by atoms with Crippen LogP contribution in [-0.4, -0.2) is 51.0 Å². The average Bonchev–Trinajstić information content (AvgIpc) is 2.72. The third kappa shape index (κ3) is 6.81. The molecule has 0 bridgehead atoms. The molecule has 31 heavy (non-hydrogen) atoms. The van der Waals surface area contributed by atoms with Gasteiger partial charge < -0.3 is 10.2 Å². The highest BCUT2D eigenvalue weighted by Gasteiger charge is 2.31. The number of amides is 2. The smallest absolute Gasteiger partial charge is 0.244 e. The van der Waals surface area contributed by atoms with Crippen LogP contribution in [0.2, 0.25) is 5.02 Å². The normalized spacial score (nSPS) is 12.2. The standard InChI is InChI=1S/C21H25ClIN3O4S/c1-4-19(21(28)24-2)25(13-15-7-5-6-8-18(15)22)20(27)14-26(31(3,29)30)17-11-9-16(23)10-12-17/h5-12,19H,4,13-14H2,1-3H3,(H,24,28)/t19-/m1/s1. The van der Waals surface area contributed by atoms with Crippen LogP contribution in [0.5, 0.6) is 0 Å². The summed E-state index contributed by atoms with van der Waals surface area (Å²) in [6.45, 7) is 1.44. The number of benzene rings is 2. The number of likely N-dealkylation sites (N-methyl/N-ethyl adjacent to an activating group) is 1. The van der Waals surface area contributed by atoms with Crippen molar-refractivity contribution in [2.45, 2.75) is 25.9 Å². The molecule has 0 aliphatic rings.